The van der Waals surface area contributed by atoms with Gasteiger partial charge in [0.2, 0.25) is 5.91 Å². The molecule has 6 rings (SSSR count). The van der Waals surface area contributed by atoms with Crippen LogP contribution in [0.2, 0.25) is 0 Å². The topological polar surface area (TPSA) is 68.8 Å². The van der Waals surface area contributed by atoms with E-state index in [-0.39, 0.29) is 35.7 Å². The monoisotopic (exact) mass is 449 g/mol. The van der Waals surface area contributed by atoms with Gasteiger partial charge in [-0.3, -0.25) is 9.69 Å². The lowest BCUT2D eigenvalue weighted by Crippen LogP contribution is -2.66. The lowest BCUT2D eigenvalue weighted by molar-refractivity contribution is -0.140. The van der Waals surface area contributed by atoms with E-state index in [9.17, 15) is 14.3 Å². The largest absolute Gasteiger partial charge is 0.497 e. The highest BCUT2D eigenvalue weighted by atomic mass is 19.1. The summed E-state index contributed by atoms with van der Waals surface area (Å²) in [6.45, 7) is 2.72. The molecule has 1 spiro atoms. The molecule has 172 valence electrons. The van der Waals surface area contributed by atoms with Crippen LogP contribution in [0.15, 0.2) is 42.5 Å². The van der Waals surface area contributed by atoms with E-state index in [1.165, 1.54) is 11.6 Å². The number of halogens is 1. The number of hydrogen-bond donors (Lipinski definition) is 2. The van der Waals surface area contributed by atoms with Gasteiger partial charge in [0.05, 0.1) is 19.8 Å². The zero-order valence-electron chi connectivity index (χ0n) is 18.7. The number of rotatable bonds is 5. The highest BCUT2D eigenvalue weighted by molar-refractivity contribution is 5.89. The summed E-state index contributed by atoms with van der Waals surface area (Å²) in [5.41, 5.74) is 3.83. The van der Waals surface area contributed by atoms with Crippen molar-refractivity contribution in [3.63, 3.8) is 0 Å². The van der Waals surface area contributed by atoms with Gasteiger partial charge in [-0.2, -0.15) is 0 Å². The molecule has 0 unspecified atom stereocenters. The Morgan fingerprint density at radius 3 is 2.73 bits per heavy atom. The first-order valence-electron chi connectivity index (χ1n) is 11.6. The van der Waals surface area contributed by atoms with Crippen LogP contribution in [0.1, 0.15) is 35.7 Å². The van der Waals surface area contributed by atoms with Gasteiger partial charge in [-0.15, -0.1) is 0 Å². The molecule has 33 heavy (non-hydrogen) atoms. The maximum absolute atomic E-state index is 13.7. The molecule has 1 aliphatic carbocycles. The number of methoxy groups -OCH3 is 1. The van der Waals surface area contributed by atoms with Crippen molar-refractivity contribution >= 4 is 16.8 Å². The standard InChI is InChI=1S/C26H28FN3O3/c1-33-19-7-8-20-21(10-19)28-24-22(12-31)30(25(32)17-5-6-17)15-26(23(20)24)13-29(14-26)11-16-3-2-4-18(27)9-16/h2-4,7-10,17,22,28,31H,5-6,11-15H2,1H3/t22-/m1/s1. The first kappa shape index (κ1) is 20.7. The SMILES string of the molecule is COc1ccc2c3c([nH]c2c1)[C@@H](CO)N(C(=O)C1CC1)CC31CN(Cc2cccc(F)c2)C1. The van der Waals surface area contributed by atoms with E-state index in [2.05, 4.69) is 16.0 Å². The second-order valence-electron chi connectivity index (χ2n) is 9.82. The van der Waals surface area contributed by atoms with Crippen LogP contribution in [-0.2, 0) is 16.8 Å². The molecule has 1 saturated heterocycles. The van der Waals surface area contributed by atoms with Gasteiger partial charge in [-0.1, -0.05) is 12.1 Å². The van der Waals surface area contributed by atoms with Crippen molar-refractivity contribution in [3.05, 3.63) is 65.1 Å². The van der Waals surface area contributed by atoms with Crippen LogP contribution in [0.25, 0.3) is 10.9 Å². The predicted octanol–water partition coefficient (Wildman–Crippen LogP) is 3.35. The number of ether oxygens (including phenoxy) is 1. The Morgan fingerprint density at radius 2 is 2.03 bits per heavy atom. The molecule has 0 bridgehead atoms. The highest BCUT2D eigenvalue weighted by Crippen LogP contribution is 2.50. The number of nitrogens with one attached hydrogen (secondary N) is 1. The summed E-state index contributed by atoms with van der Waals surface area (Å²) < 4.78 is 19.1. The average Bonchev–Trinajstić information content (AvgIpc) is 3.57. The summed E-state index contributed by atoms with van der Waals surface area (Å²) in [4.78, 5) is 21.0. The second-order valence-corrected chi connectivity index (χ2v) is 9.82. The fourth-order valence-corrected chi connectivity index (χ4v) is 5.88. The Morgan fingerprint density at radius 1 is 1.21 bits per heavy atom. The number of carbonyl (C=O) groups excluding carboxylic acids is 1. The Bertz CT molecular complexity index is 1230. The number of fused-ring (bicyclic) bond motifs is 4. The quantitative estimate of drug-likeness (QED) is 0.627. The van der Waals surface area contributed by atoms with Crippen molar-refractivity contribution in [2.45, 2.75) is 30.8 Å². The van der Waals surface area contributed by atoms with E-state index in [1.54, 1.807) is 19.2 Å². The first-order valence-corrected chi connectivity index (χ1v) is 11.6. The molecule has 2 N–H and O–H groups in total. The molecule has 1 saturated carbocycles. The van der Waals surface area contributed by atoms with Crippen LogP contribution in [0.3, 0.4) is 0 Å². The second kappa shape index (κ2) is 7.57. The van der Waals surface area contributed by atoms with Crippen LogP contribution in [0.5, 0.6) is 5.75 Å². The third-order valence-corrected chi connectivity index (χ3v) is 7.48. The smallest absolute Gasteiger partial charge is 0.226 e. The third kappa shape index (κ3) is 3.33. The molecule has 2 fully saturated rings. The van der Waals surface area contributed by atoms with Gasteiger partial charge in [-0.05, 0) is 48.2 Å². The van der Waals surface area contributed by atoms with Crippen LogP contribution >= 0.6 is 0 Å². The van der Waals surface area contributed by atoms with Crippen molar-refractivity contribution in [1.29, 1.82) is 0 Å². The zero-order valence-corrected chi connectivity index (χ0v) is 18.7. The predicted molar refractivity (Wildman–Crippen MR) is 122 cm³/mol. The summed E-state index contributed by atoms with van der Waals surface area (Å²) in [5.74, 6) is 0.785. The fraction of sp³-hybridized carbons (Fsp3) is 0.423. The molecule has 2 aliphatic heterocycles. The number of hydrogen-bond acceptors (Lipinski definition) is 4. The Balaban J connectivity index is 1.39. The normalized spacial score (nSPS) is 21.8. The number of aliphatic hydroxyl groups is 1. The van der Waals surface area contributed by atoms with Crippen molar-refractivity contribution in [2.75, 3.05) is 33.4 Å². The van der Waals surface area contributed by atoms with Gasteiger partial charge in [0, 0.05) is 60.2 Å². The molecule has 6 nitrogen and oxygen atoms in total. The molecule has 3 aliphatic rings. The summed E-state index contributed by atoms with van der Waals surface area (Å²) in [6, 6.07) is 12.4. The van der Waals surface area contributed by atoms with Gasteiger partial charge in [-0.25, -0.2) is 4.39 Å². The minimum Gasteiger partial charge on any atom is -0.497 e. The third-order valence-electron chi connectivity index (χ3n) is 7.48. The van der Waals surface area contributed by atoms with Crippen LogP contribution in [0, 0.1) is 11.7 Å². The molecule has 2 aromatic carbocycles. The average molecular weight is 450 g/mol. The van der Waals surface area contributed by atoms with E-state index < -0.39 is 0 Å². The molecule has 7 heteroatoms. The van der Waals surface area contributed by atoms with E-state index in [4.69, 9.17) is 4.74 Å². The fourth-order valence-electron chi connectivity index (χ4n) is 5.88. The number of nitrogens with zero attached hydrogens (tertiary/aromatic N) is 2. The molecule has 3 heterocycles. The van der Waals surface area contributed by atoms with E-state index >= 15 is 0 Å². The van der Waals surface area contributed by atoms with Crippen LogP contribution in [-0.4, -0.2) is 59.1 Å². The van der Waals surface area contributed by atoms with Crippen LogP contribution < -0.4 is 4.74 Å². The number of aromatic nitrogens is 1. The molecule has 0 radical (unpaired) electrons. The number of amides is 1. The molecular formula is C26H28FN3O3. The number of likely N-dealkylation sites (tertiary alicyclic amines) is 1. The minimum absolute atomic E-state index is 0.0885. The van der Waals surface area contributed by atoms with Crippen molar-refractivity contribution in [1.82, 2.24) is 14.8 Å². The van der Waals surface area contributed by atoms with Gasteiger partial charge < -0.3 is 19.7 Å². The first-order chi connectivity index (χ1) is 16.0. The molecule has 1 aromatic heterocycles. The Hall–Kier alpha value is -2.90. The molecule has 1 atom stereocenters. The summed E-state index contributed by atoms with van der Waals surface area (Å²) in [6.07, 6.45) is 1.87. The van der Waals surface area contributed by atoms with Crippen molar-refractivity contribution in [2.24, 2.45) is 5.92 Å². The zero-order chi connectivity index (χ0) is 22.7. The van der Waals surface area contributed by atoms with E-state index in [0.717, 1.165) is 53.8 Å². The van der Waals surface area contributed by atoms with Gasteiger partial charge >= 0.3 is 0 Å². The Labute approximate surface area is 191 Å². The maximum Gasteiger partial charge on any atom is 0.226 e. The molecule has 1 amide bonds. The minimum atomic E-state index is -0.366. The van der Waals surface area contributed by atoms with Crippen molar-refractivity contribution in [3.8, 4) is 5.75 Å². The number of aromatic amines is 1. The van der Waals surface area contributed by atoms with Gasteiger partial charge in [0.1, 0.15) is 11.6 Å². The summed E-state index contributed by atoms with van der Waals surface area (Å²) in [5, 5.41) is 11.5. The number of H-pyrrole nitrogens is 1. The number of carbonyl (C=O) groups is 1. The van der Waals surface area contributed by atoms with E-state index in [1.807, 2.05) is 23.1 Å². The van der Waals surface area contributed by atoms with Crippen molar-refractivity contribution < 1.29 is 19.0 Å². The summed E-state index contributed by atoms with van der Waals surface area (Å²) >= 11 is 0. The summed E-state index contributed by atoms with van der Waals surface area (Å²) in [7, 11) is 1.65. The Kier molecular flexibility index (Phi) is 4.74. The number of benzene rings is 2. The van der Waals surface area contributed by atoms with Gasteiger partial charge in [0.15, 0.2) is 0 Å². The highest BCUT2D eigenvalue weighted by Gasteiger charge is 2.54. The molecule has 3 aromatic rings. The van der Waals surface area contributed by atoms with Crippen LogP contribution in [0.4, 0.5) is 4.39 Å². The lowest BCUT2D eigenvalue weighted by Gasteiger charge is -2.56. The maximum atomic E-state index is 13.7. The van der Waals surface area contributed by atoms with Gasteiger partial charge in [0.25, 0.3) is 0 Å². The number of aliphatic hydroxyl groups excluding tert-OH is 1. The molecular weight excluding hydrogens is 421 g/mol. The lowest BCUT2D eigenvalue weighted by atomic mass is 9.68. The van der Waals surface area contributed by atoms with E-state index in [0.29, 0.717) is 13.1 Å².